The van der Waals surface area contributed by atoms with Gasteiger partial charge in [0, 0.05) is 25.4 Å². The van der Waals surface area contributed by atoms with E-state index in [9.17, 15) is 9.18 Å². The van der Waals surface area contributed by atoms with Crippen molar-refractivity contribution in [3.8, 4) is 17.2 Å². The predicted molar refractivity (Wildman–Crippen MR) is 95.5 cm³/mol. The normalized spacial score (nSPS) is 16.7. The molecule has 2 heterocycles. The van der Waals surface area contributed by atoms with Gasteiger partial charge >= 0.3 is 0 Å². The summed E-state index contributed by atoms with van der Waals surface area (Å²) >= 11 is 0. The molecule has 0 spiro atoms. The second kappa shape index (κ2) is 7.19. The van der Waals surface area contributed by atoms with Crippen molar-refractivity contribution >= 4 is 5.91 Å². The van der Waals surface area contributed by atoms with Gasteiger partial charge in [-0.15, -0.1) is 0 Å². The number of para-hydroxylation sites is 1. The number of halogens is 1. The predicted octanol–water partition coefficient (Wildman–Crippen LogP) is 3.40. The maximum Gasteiger partial charge on any atom is 0.261 e. The molecule has 1 atom stereocenters. The summed E-state index contributed by atoms with van der Waals surface area (Å²) in [5.74, 6) is 1.11. The van der Waals surface area contributed by atoms with Crippen LogP contribution in [0.15, 0.2) is 53.1 Å². The largest absolute Gasteiger partial charge is 0.496 e. The number of hydrogen-bond donors (Lipinski definition) is 0. The van der Waals surface area contributed by atoms with Gasteiger partial charge in [0.05, 0.1) is 12.7 Å². The van der Waals surface area contributed by atoms with Crippen LogP contribution >= 0.6 is 0 Å². The minimum absolute atomic E-state index is 0.0213. The molecule has 1 amide bonds. The van der Waals surface area contributed by atoms with Crippen molar-refractivity contribution in [2.24, 2.45) is 0 Å². The van der Waals surface area contributed by atoms with E-state index in [0.29, 0.717) is 42.5 Å². The van der Waals surface area contributed by atoms with E-state index in [0.717, 1.165) is 5.56 Å². The number of carbonyl (C=O) groups is 1. The minimum Gasteiger partial charge on any atom is -0.496 e. The zero-order valence-electron chi connectivity index (χ0n) is 14.8. The maximum atomic E-state index is 13.0. The van der Waals surface area contributed by atoms with Crippen LogP contribution in [-0.2, 0) is 11.3 Å². The van der Waals surface area contributed by atoms with Gasteiger partial charge in [0.2, 0.25) is 5.91 Å². The fourth-order valence-electron chi connectivity index (χ4n) is 3.24. The van der Waals surface area contributed by atoms with Crippen LogP contribution in [0, 0.1) is 5.82 Å². The van der Waals surface area contributed by atoms with Crippen molar-refractivity contribution < 1.29 is 18.4 Å². The molecule has 2 aromatic carbocycles. The van der Waals surface area contributed by atoms with Crippen molar-refractivity contribution in [1.82, 2.24) is 15.0 Å². The molecule has 0 radical (unpaired) electrons. The Labute approximate surface area is 155 Å². The van der Waals surface area contributed by atoms with Gasteiger partial charge in [0.1, 0.15) is 11.6 Å². The van der Waals surface area contributed by atoms with Gasteiger partial charge in [-0.2, -0.15) is 4.98 Å². The first-order chi connectivity index (χ1) is 13.1. The molecule has 1 aliphatic rings. The first kappa shape index (κ1) is 17.2. The standard InChI is InChI=1S/C20H18FN3O3/c1-26-17-5-3-2-4-16(17)20-22-19(23-27-20)14-10-18(25)24(12-14)11-13-6-8-15(21)9-7-13/h2-9,14H,10-12H2,1H3. The highest BCUT2D eigenvalue weighted by atomic mass is 19.1. The van der Waals surface area contributed by atoms with Crippen molar-refractivity contribution in [3.63, 3.8) is 0 Å². The van der Waals surface area contributed by atoms with Gasteiger partial charge in [0.15, 0.2) is 5.82 Å². The van der Waals surface area contributed by atoms with E-state index in [2.05, 4.69) is 10.1 Å². The van der Waals surface area contributed by atoms with Crippen LogP contribution in [0.3, 0.4) is 0 Å². The number of methoxy groups -OCH3 is 1. The van der Waals surface area contributed by atoms with Gasteiger partial charge in [-0.25, -0.2) is 4.39 Å². The first-order valence-corrected chi connectivity index (χ1v) is 8.63. The second-order valence-electron chi connectivity index (χ2n) is 6.46. The lowest BCUT2D eigenvalue weighted by atomic mass is 10.1. The van der Waals surface area contributed by atoms with Crippen LogP contribution in [-0.4, -0.2) is 34.6 Å². The third-order valence-corrected chi connectivity index (χ3v) is 4.65. The summed E-state index contributed by atoms with van der Waals surface area (Å²) in [5, 5.41) is 4.07. The SMILES string of the molecule is COc1ccccc1-c1nc(C2CC(=O)N(Cc3ccc(F)cc3)C2)no1. The van der Waals surface area contributed by atoms with E-state index >= 15 is 0 Å². The highest BCUT2D eigenvalue weighted by Gasteiger charge is 2.34. The minimum atomic E-state index is -0.292. The molecule has 0 N–H and O–H groups in total. The van der Waals surface area contributed by atoms with Crippen molar-refractivity contribution in [3.05, 3.63) is 65.7 Å². The summed E-state index contributed by atoms with van der Waals surface area (Å²) in [6, 6.07) is 13.6. The number of rotatable bonds is 5. The molecule has 7 heteroatoms. The smallest absolute Gasteiger partial charge is 0.261 e. The van der Waals surface area contributed by atoms with E-state index in [4.69, 9.17) is 9.26 Å². The summed E-state index contributed by atoms with van der Waals surface area (Å²) in [6.45, 7) is 0.938. The van der Waals surface area contributed by atoms with Gasteiger partial charge in [-0.1, -0.05) is 29.4 Å². The summed E-state index contributed by atoms with van der Waals surface area (Å²) in [7, 11) is 1.58. The average molecular weight is 367 g/mol. The molecule has 0 saturated carbocycles. The third-order valence-electron chi connectivity index (χ3n) is 4.65. The Balaban J connectivity index is 1.49. The van der Waals surface area contributed by atoms with Gasteiger partial charge in [-0.05, 0) is 29.8 Å². The third kappa shape index (κ3) is 3.53. The van der Waals surface area contributed by atoms with Crippen LogP contribution in [0.25, 0.3) is 11.5 Å². The molecule has 1 fully saturated rings. The van der Waals surface area contributed by atoms with E-state index in [1.165, 1.54) is 12.1 Å². The number of benzene rings is 2. The lowest BCUT2D eigenvalue weighted by Gasteiger charge is -2.16. The lowest BCUT2D eigenvalue weighted by Crippen LogP contribution is -2.24. The molecule has 4 rings (SSSR count). The van der Waals surface area contributed by atoms with Gasteiger partial charge < -0.3 is 14.2 Å². The topological polar surface area (TPSA) is 68.5 Å². The summed E-state index contributed by atoms with van der Waals surface area (Å²) in [5.41, 5.74) is 1.60. The van der Waals surface area contributed by atoms with E-state index in [-0.39, 0.29) is 17.6 Å². The Morgan fingerprint density at radius 3 is 2.78 bits per heavy atom. The first-order valence-electron chi connectivity index (χ1n) is 8.63. The number of amides is 1. The molecule has 1 saturated heterocycles. The maximum absolute atomic E-state index is 13.0. The molecule has 1 unspecified atom stereocenters. The number of aromatic nitrogens is 2. The quantitative estimate of drug-likeness (QED) is 0.691. The van der Waals surface area contributed by atoms with Gasteiger partial charge in [-0.3, -0.25) is 4.79 Å². The number of carbonyl (C=O) groups excluding carboxylic acids is 1. The molecule has 1 aromatic heterocycles. The molecule has 3 aromatic rings. The van der Waals surface area contributed by atoms with E-state index in [1.54, 1.807) is 24.1 Å². The molecular weight excluding hydrogens is 349 g/mol. The monoisotopic (exact) mass is 367 g/mol. The zero-order valence-corrected chi connectivity index (χ0v) is 14.8. The Bertz CT molecular complexity index is 955. The van der Waals surface area contributed by atoms with Crippen LogP contribution in [0.2, 0.25) is 0 Å². The Morgan fingerprint density at radius 2 is 2.00 bits per heavy atom. The van der Waals surface area contributed by atoms with Crippen molar-refractivity contribution in [2.75, 3.05) is 13.7 Å². The van der Waals surface area contributed by atoms with E-state index in [1.807, 2.05) is 24.3 Å². The summed E-state index contributed by atoms with van der Waals surface area (Å²) < 4.78 is 23.8. The van der Waals surface area contributed by atoms with Crippen LogP contribution in [0.1, 0.15) is 23.7 Å². The highest BCUT2D eigenvalue weighted by molar-refractivity contribution is 5.79. The lowest BCUT2D eigenvalue weighted by molar-refractivity contribution is -0.128. The molecule has 0 bridgehead atoms. The van der Waals surface area contributed by atoms with Crippen LogP contribution < -0.4 is 4.74 Å². The molecular formula is C20H18FN3O3. The molecule has 6 nitrogen and oxygen atoms in total. The average Bonchev–Trinajstić information content (AvgIpc) is 3.31. The van der Waals surface area contributed by atoms with Crippen LogP contribution in [0.4, 0.5) is 4.39 Å². The second-order valence-corrected chi connectivity index (χ2v) is 6.46. The fourth-order valence-corrected chi connectivity index (χ4v) is 3.24. The summed E-state index contributed by atoms with van der Waals surface area (Å²) in [4.78, 5) is 18.6. The Kier molecular flexibility index (Phi) is 4.58. The molecule has 1 aliphatic heterocycles. The number of likely N-dealkylation sites (tertiary alicyclic amines) is 1. The van der Waals surface area contributed by atoms with Crippen molar-refractivity contribution in [2.45, 2.75) is 18.9 Å². The number of hydrogen-bond acceptors (Lipinski definition) is 5. The number of nitrogens with zero attached hydrogens (tertiary/aromatic N) is 3. The van der Waals surface area contributed by atoms with Gasteiger partial charge in [0.25, 0.3) is 5.89 Å². The molecule has 27 heavy (non-hydrogen) atoms. The van der Waals surface area contributed by atoms with Crippen LogP contribution in [0.5, 0.6) is 5.75 Å². The molecule has 138 valence electrons. The zero-order chi connectivity index (χ0) is 18.8. The Hall–Kier alpha value is -3.22. The van der Waals surface area contributed by atoms with E-state index < -0.39 is 0 Å². The summed E-state index contributed by atoms with van der Waals surface area (Å²) in [6.07, 6.45) is 0.325. The fraction of sp³-hybridized carbons (Fsp3) is 0.250. The highest BCUT2D eigenvalue weighted by Crippen LogP contribution is 2.32. The molecule has 0 aliphatic carbocycles. The number of ether oxygens (including phenoxy) is 1. The van der Waals surface area contributed by atoms with Crippen molar-refractivity contribution in [1.29, 1.82) is 0 Å². The Morgan fingerprint density at radius 1 is 1.22 bits per heavy atom.